The average molecular weight is 292 g/mol. The summed E-state index contributed by atoms with van der Waals surface area (Å²) in [6.07, 6.45) is 10.7. The van der Waals surface area contributed by atoms with Gasteiger partial charge in [-0.25, -0.2) is 0 Å². The Labute approximate surface area is 129 Å². The van der Waals surface area contributed by atoms with Crippen molar-refractivity contribution in [1.29, 1.82) is 0 Å². The topological polar surface area (TPSA) is 40.5 Å². The van der Waals surface area contributed by atoms with Crippen molar-refractivity contribution in [2.24, 2.45) is 34.5 Å². The van der Waals surface area contributed by atoms with Crippen LogP contribution in [0, 0.1) is 34.5 Å². The lowest BCUT2D eigenvalue weighted by Gasteiger charge is -2.60. The lowest BCUT2D eigenvalue weighted by atomic mass is 9.45. The molecule has 1 unspecified atom stereocenters. The third kappa shape index (κ3) is 1.91. The minimum absolute atomic E-state index is 0.0400. The van der Waals surface area contributed by atoms with Crippen LogP contribution in [0.4, 0.5) is 0 Å². The number of hydrogen-bond donors (Lipinski definition) is 2. The Morgan fingerprint density at radius 3 is 2.29 bits per heavy atom. The predicted octanol–water partition coefficient (Wildman–Crippen LogP) is 3.75. The van der Waals surface area contributed by atoms with Crippen molar-refractivity contribution in [1.82, 2.24) is 0 Å². The summed E-state index contributed by atoms with van der Waals surface area (Å²) in [5.41, 5.74) is 0.676. The number of aliphatic hydroxyl groups is 2. The van der Waals surface area contributed by atoms with Crippen LogP contribution >= 0.6 is 0 Å². The smallest absolute Gasteiger partial charge is 0.0596 e. The summed E-state index contributed by atoms with van der Waals surface area (Å²) >= 11 is 0. The van der Waals surface area contributed by atoms with E-state index in [0.29, 0.717) is 5.41 Å². The van der Waals surface area contributed by atoms with E-state index < -0.39 is 0 Å². The quantitative estimate of drug-likeness (QED) is 0.714. The van der Waals surface area contributed by atoms with Crippen LogP contribution in [0.1, 0.15) is 71.6 Å². The molecule has 4 aliphatic rings. The molecule has 0 saturated heterocycles. The van der Waals surface area contributed by atoms with E-state index >= 15 is 0 Å². The summed E-state index contributed by atoms with van der Waals surface area (Å²) in [4.78, 5) is 0. The zero-order valence-electron chi connectivity index (χ0n) is 13.7. The molecule has 8 atom stereocenters. The van der Waals surface area contributed by atoms with E-state index in [9.17, 15) is 10.2 Å². The third-order valence-electron chi connectivity index (χ3n) is 8.59. The van der Waals surface area contributed by atoms with E-state index in [2.05, 4.69) is 13.8 Å². The Kier molecular flexibility index (Phi) is 3.25. The predicted molar refractivity (Wildman–Crippen MR) is 83.7 cm³/mol. The van der Waals surface area contributed by atoms with Crippen molar-refractivity contribution in [2.75, 3.05) is 0 Å². The molecule has 0 heterocycles. The Hall–Kier alpha value is -0.0800. The molecule has 0 radical (unpaired) electrons. The minimum Gasteiger partial charge on any atom is -0.393 e. The molecule has 4 saturated carbocycles. The van der Waals surface area contributed by atoms with E-state index in [1.807, 2.05) is 0 Å². The van der Waals surface area contributed by atoms with Gasteiger partial charge >= 0.3 is 0 Å². The van der Waals surface area contributed by atoms with Gasteiger partial charge in [0.15, 0.2) is 0 Å². The molecule has 0 aromatic rings. The minimum atomic E-state index is -0.0536. The highest BCUT2D eigenvalue weighted by atomic mass is 16.3. The van der Waals surface area contributed by atoms with Crippen molar-refractivity contribution in [2.45, 2.75) is 83.8 Å². The van der Waals surface area contributed by atoms with Gasteiger partial charge < -0.3 is 10.2 Å². The van der Waals surface area contributed by atoms with Crippen LogP contribution in [0.2, 0.25) is 0 Å². The standard InChI is InChI=1S/C19H32O2/c1-18-9-7-13(20)11-12(18)3-4-14-15-5-6-17(21)19(15,2)10-8-16(14)18/h12-17,20-21H,3-11H2,1-2H3/t12-,13+,14-,15-,16-,17?,18-,19-/m0/s1. The van der Waals surface area contributed by atoms with Crippen LogP contribution in [0.15, 0.2) is 0 Å². The van der Waals surface area contributed by atoms with Gasteiger partial charge in [-0.05, 0) is 92.3 Å². The van der Waals surface area contributed by atoms with Crippen molar-refractivity contribution in [3.63, 3.8) is 0 Å². The van der Waals surface area contributed by atoms with Gasteiger partial charge in [0.2, 0.25) is 0 Å². The molecule has 21 heavy (non-hydrogen) atoms. The first-order chi connectivity index (χ1) is 9.95. The van der Waals surface area contributed by atoms with Gasteiger partial charge in [0, 0.05) is 0 Å². The van der Waals surface area contributed by atoms with Crippen LogP contribution in [0.3, 0.4) is 0 Å². The summed E-state index contributed by atoms with van der Waals surface area (Å²) in [6, 6.07) is 0. The van der Waals surface area contributed by atoms with E-state index in [1.165, 1.54) is 38.5 Å². The van der Waals surface area contributed by atoms with E-state index in [0.717, 1.165) is 42.9 Å². The Morgan fingerprint density at radius 1 is 0.762 bits per heavy atom. The largest absolute Gasteiger partial charge is 0.393 e. The second kappa shape index (κ2) is 4.71. The van der Waals surface area contributed by atoms with Gasteiger partial charge in [0.1, 0.15) is 0 Å². The van der Waals surface area contributed by atoms with Crippen molar-refractivity contribution in [3.05, 3.63) is 0 Å². The number of aliphatic hydroxyl groups excluding tert-OH is 2. The second-order valence-corrected chi connectivity index (χ2v) is 9.22. The van der Waals surface area contributed by atoms with Gasteiger partial charge in [-0.1, -0.05) is 13.8 Å². The zero-order valence-corrected chi connectivity index (χ0v) is 13.7. The monoisotopic (exact) mass is 292 g/mol. The van der Waals surface area contributed by atoms with Gasteiger partial charge in [0.25, 0.3) is 0 Å². The molecule has 4 rings (SSSR count). The summed E-state index contributed by atoms with van der Waals surface area (Å²) in [5.74, 6) is 3.21. The molecule has 0 amide bonds. The molecule has 0 bridgehead atoms. The maximum Gasteiger partial charge on any atom is 0.0596 e. The summed E-state index contributed by atoms with van der Waals surface area (Å²) in [6.45, 7) is 4.90. The highest BCUT2D eigenvalue weighted by Crippen LogP contribution is 2.66. The van der Waals surface area contributed by atoms with Crippen molar-refractivity contribution in [3.8, 4) is 0 Å². The van der Waals surface area contributed by atoms with Gasteiger partial charge in [-0.15, -0.1) is 0 Å². The fraction of sp³-hybridized carbons (Fsp3) is 1.00. The molecule has 2 heteroatoms. The Morgan fingerprint density at radius 2 is 1.48 bits per heavy atom. The van der Waals surface area contributed by atoms with E-state index in [-0.39, 0.29) is 17.6 Å². The lowest BCUT2D eigenvalue weighted by Crippen LogP contribution is -2.54. The maximum atomic E-state index is 10.5. The summed E-state index contributed by atoms with van der Waals surface area (Å²) in [7, 11) is 0. The van der Waals surface area contributed by atoms with Crippen LogP contribution in [0.25, 0.3) is 0 Å². The number of hydrogen-bond acceptors (Lipinski definition) is 2. The highest BCUT2D eigenvalue weighted by Gasteiger charge is 2.59. The van der Waals surface area contributed by atoms with Crippen molar-refractivity contribution < 1.29 is 10.2 Å². The molecule has 4 aliphatic carbocycles. The third-order valence-corrected chi connectivity index (χ3v) is 8.59. The number of fused-ring (bicyclic) bond motifs is 5. The second-order valence-electron chi connectivity index (χ2n) is 9.22. The Balaban J connectivity index is 1.62. The summed E-state index contributed by atoms with van der Waals surface area (Å²) < 4.78 is 0. The molecular formula is C19H32O2. The van der Waals surface area contributed by atoms with Gasteiger partial charge in [-0.3, -0.25) is 0 Å². The van der Waals surface area contributed by atoms with E-state index in [4.69, 9.17) is 0 Å². The molecule has 2 N–H and O–H groups in total. The van der Waals surface area contributed by atoms with Crippen LogP contribution in [0.5, 0.6) is 0 Å². The first kappa shape index (κ1) is 14.5. The summed E-state index contributed by atoms with van der Waals surface area (Å²) in [5, 5.41) is 20.5. The molecule has 0 aliphatic heterocycles. The maximum absolute atomic E-state index is 10.5. The molecular weight excluding hydrogens is 260 g/mol. The van der Waals surface area contributed by atoms with Gasteiger partial charge in [0.05, 0.1) is 12.2 Å². The number of rotatable bonds is 0. The molecule has 120 valence electrons. The molecule has 0 spiro atoms. The molecule has 2 nitrogen and oxygen atoms in total. The molecule has 0 aromatic heterocycles. The first-order valence-electron chi connectivity index (χ1n) is 9.31. The van der Waals surface area contributed by atoms with Gasteiger partial charge in [-0.2, -0.15) is 0 Å². The Bertz CT molecular complexity index is 422. The van der Waals surface area contributed by atoms with E-state index in [1.54, 1.807) is 0 Å². The SMILES string of the molecule is C[C@]12CC[C@@H](O)C[C@@H]1CC[C@@H]1[C@@H]2CC[C@]2(C)C(O)CC[C@@H]12. The average Bonchev–Trinajstić information content (AvgIpc) is 2.76. The lowest BCUT2D eigenvalue weighted by molar-refractivity contribution is -0.133. The fourth-order valence-corrected chi connectivity index (χ4v) is 7.21. The fourth-order valence-electron chi connectivity index (χ4n) is 7.21. The van der Waals surface area contributed by atoms with Crippen LogP contribution < -0.4 is 0 Å². The highest BCUT2D eigenvalue weighted by molar-refractivity contribution is 5.09. The normalized spacial score (nSPS) is 60.0. The van der Waals surface area contributed by atoms with Crippen molar-refractivity contribution >= 4 is 0 Å². The first-order valence-corrected chi connectivity index (χ1v) is 9.31. The van der Waals surface area contributed by atoms with Crippen LogP contribution in [-0.4, -0.2) is 22.4 Å². The molecule has 4 fully saturated rings. The van der Waals surface area contributed by atoms with Crippen LogP contribution in [-0.2, 0) is 0 Å². The molecule has 0 aromatic carbocycles. The zero-order chi connectivity index (χ0) is 14.8.